The van der Waals surface area contributed by atoms with Crippen molar-refractivity contribution < 1.29 is 9.53 Å². The summed E-state index contributed by atoms with van der Waals surface area (Å²) in [6.07, 6.45) is 0.963. The molecule has 0 amide bonds. The fourth-order valence-electron chi connectivity index (χ4n) is 2.49. The second-order valence-corrected chi connectivity index (χ2v) is 5.94. The number of carbonyl (C=O) groups excluding carboxylic acids is 1. The van der Waals surface area contributed by atoms with Gasteiger partial charge in [-0.1, -0.05) is 48.0 Å². The Labute approximate surface area is 148 Å². The lowest BCUT2D eigenvalue weighted by Gasteiger charge is -2.08. The summed E-state index contributed by atoms with van der Waals surface area (Å²) in [6.45, 7) is 2.84. The van der Waals surface area contributed by atoms with Gasteiger partial charge < -0.3 is 10.1 Å². The van der Waals surface area contributed by atoms with E-state index < -0.39 is 0 Å². The summed E-state index contributed by atoms with van der Waals surface area (Å²) >= 11 is 0. The molecule has 0 spiro atoms. The standard InChI is InChI=1S/C22H21NO2/c1-17-7-9-19(10-8-17)22(24)25-21-13-11-20(12-14-21)23-16-15-18-5-3-2-4-6-18/h2-14,23H,15-16H2,1H3. The molecule has 0 aromatic heterocycles. The minimum absolute atomic E-state index is 0.343. The maximum atomic E-state index is 12.1. The fraction of sp³-hybridized carbons (Fsp3) is 0.136. The average Bonchev–Trinajstić information content (AvgIpc) is 2.64. The van der Waals surface area contributed by atoms with E-state index in [1.165, 1.54) is 5.56 Å². The van der Waals surface area contributed by atoms with Crippen LogP contribution in [0.3, 0.4) is 0 Å². The highest BCUT2D eigenvalue weighted by molar-refractivity contribution is 5.91. The fourth-order valence-corrected chi connectivity index (χ4v) is 2.49. The quantitative estimate of drug-likeness (QED) is 0.517. The topological polar surface area (TPSA) is 38.3 Å². The minimum Gasteiger partial charge on any atom is -0.423 e. The van der Waals surface area contributed by atoms with Crippen LogP contribution < -0.4 is 10.1 Å². The van der Waals surface area contributed by atoms with Crippen LogP contribution in [0.1, 0.15) is 21.5 Å². The highest BCUT2D eigenvalue weighted by Gasteiger charge is 2.08. The number of hydrogen-bond acceptors (Lipinski definition) is 3. The Kier molecular flexibility index (Phi) is 5.47. The van der Waals surface area contributed by atoms with Gasteiger partial charge in [-0.3, -0.25) is 0 Å². The number of anilines is 1. The number of benzene rings is 3. The third-order valence-corrected chi connectivity index (χ3v) is 3.94. The summed E-state index contributed by atoms with van der Waals surface area (Å²) in [7, 11) is 0. The van der Waals surface area contributed by atoms with Crippen molar-refractivity contribution in [3.05, 3.63) is 95.6 Å². The van der Waals surface area contributed by atoms with Crippen LogP contribution in [0.5, 0.6) is 5.75 Å². The SMILES string of the molecule is Cc1ccc(C(=O)Oc2ccc(NCCc3ccccc3)cc2)cc1. The Morgan fingerprint density at radius 2 is 1.56 bits per heavy atom. The van der Waals surface area contributed by atoms with E-state index in [4.69, 9.17) is 4.74 Å². The maximum Gasteiger partial charge on any atom is 0.343 e. The van der Waals surface area contributed by atoms with Crippen molar-refractivity contribution >= 4 is 11.7 Å². The molecule has 0 bridgehead atoms. The number of esters is 1. The van der Waals surface area contributed by atoms with Crippen LogP contribution >= 0.6 is 0 Å². The Hall–Kier alpha value is -3.07. The first-order valence-corrected chi connectivity index (χ1v) is 8.37. The molecule has 0 fully saturated rings. The van der Waals surface area contributed by atoms with Crippen LogP contribution in [0.15, 0.2) is 78.9 Å². The number of aryl methyl sites for hydroxylation is 1. The summed E-state index contributed by atoms with van der Waals surface area (Å²) in [6, 6.07) is 25.2. The zero-order valence-electron chi connectivity index (χ0n) is 14.2. The van der Waals surface area contributed by atoms with Crippen molar-refractivity contribution in [3.63, 3.8) is 0 Å². The Bertz CT molecular complexity index is 809. The second kappa shape index (κ2) is 8.15. The van der Waals surface area contributed by atoms with Crippen LogP contribution in [0, 0.1) is 6.92 Å². The molecule has 0 atom stereocenters. The molecule has 3 rings (SSSR count). The van der Waals surface area contributed by atoms with E-state index in [0.29, 0.717) is 11.3 Å². The smallest absolute Gasteiger partial charge is 0.343 e. The van der Waals surface area contributed by atoms with Crippen molar-refractivity contribution in [2.24, 2.45) is 0 Å². The molecule has 3 nitrogen and oxygen atoms in total. The van der Waals surface area contributed by atoms with Gasteiger partial charge >= 0.3 is 5.97 Å². The van der Waals surface area contributed by atoms with E-state index in [2.05, 4.69) is 17.4 Å². The van der Waals surface area contributed by atoms with Crippen LogP contribution in [0.2, 0.25) is 0 Å². The first-order chi connectivity index (χ1) is 12.2. The monoisotopic (exact) mass is 331 g/mol. The summed E-state index contributed by atoms with van der Waals surface area (Å²) in [5.41, 5.74) is 3.97. The van der Waals surface area contributed by atoms with E-state index in [9.17, 15) is 4.79 Å². The summed E-state index contributed by atoms with van der Waals surface area (Å²) in [5.74, 6) is 0.198. The molecule has 0 radical (unpaired) electrons. The third-order valence-electron chi connectivity index (χ3n) is 3.94. The lowest BCUT2D eigenvalue weighted by molar-refractivity contribution is 0.0735. The molecule has 0 heterocycles. The molecular formula is C22H21NO2. The summed E-state index contributed by atoms with van der Waals surface area (Å²) in [4.78, 5) is 12.1. The summed E-state index contributed by atoms with van der Waals surface area (Å²) < 4.78 is 5.40. The van der Waals surface area contributed by atoms with Gasteiger partial charge in [-0.25, -0.2) is 4.79 Å². The largest absolute Gasteiger partial charge is 0.423 e. The highest BCUT2D eigenvalue weighted by atomic mass is 16.5. The number of rotatable bonds is 6. The van der Waals surface area contributed by atoms with Gasteiger partial charge in [0.2, 0.25) is 0 Å². The van der Waals surface area contributed by atoms with Crippen LogP contribution in [0.25, 0.3) is 0 Å². The molecule has 0 aliphatic rings. The number of carbonyl (C=O) groups is 1. The Balaban J connectivity index is 1.51. The van der Waals surface area contributed by atoms with Gasteiger partial charge in [0.25, 0.3) is 0 Å². The molecule has 126 valence electrons. The Morgan fingerprint density at radius 3 is 2.24 bits per heavy atom. The molecule has 0 aliphatic heterocycles. The van der Waals surface area contributed by atoms with Gasteiger partial charge in [-0.2, -0.15) is 0 Å². The van der Waals surface area contributed by atoms with Crippen molar-refractivity contribution in [3.8, 4) is 5.75 Å². The molecule has 25 heavy (non-hydrogen) atoms. The number of hydrogen-bond donors (Lipinski definition) is 1. The first-order valence-electron chi connectivity index (χ1n) is 8.37. The van der Waals surface area contributed by atoms with Crippen molar-refractivity contribution in [1.82, 2.24) is 0 Å². The molecule has 3 aromatic carbocycles. The van der Waals surface area contributed by atoms with Crippen molar-refractivity contribution in [1.29, 1.82) is 0 Å². The van der Waals surface area contributed by atoms with Crippen LogP contribution in [-0.4, -0.2) is 12.5 Å². The van der Waals surface area contributed by atoms with Crippen LogP contribution in [0.4, 0.5) is 5.69 Å². The Morgan fingerprint density at radius 1 is 0.880 bits per heavy atom. The van der Waals surface area contributed by atoms with E-state index >= 15 is 0 Å². The number of ether oxygens (including phenoxy) is 1. The zero-order chi connectivity index (χ0) is 17.5. The molecule has 0 unspecified atom stereocenters. The predicted molar refractivity (Wildman–Crippen MR) is 101 cm³/mol. The highest BCUT2D eigenvalue weighted by Crippen LogP contribution is 2.17. The molecule has 0 aliphatic carbocycles. The molecule has 3 aromatic rings. The molecule has 0 saturated carbocycles. The normalized spacial score (nSPS) is 10.3. The molecular weight excluding hydrogens is 310 g/mol. The van der Waals surface area contributed by atoms with E-state index in [1.54, 1.807) is 24.3 Å². The number of nitrogens with one attached hydrogen (secondary N) is 1. The van der Waals surface area contributed by atoms with Gasteiger partial charge in [0.1, 0.15) is 5.75 Å². The second-order valence-electron chi connectivity index (χ2n) is 5.94. The van der Waals surface area contributed by atoms with E-state index in [0.717, 1.165) is 24.2 Å². The van der Waals surface area contributed by atoms with E-state index in [1.807, 2.05) is 49.4 Å². The predicted octanol–water partition coefficient (Wildman–Crippen LogP) is 4.87. The zero-order valence-corrected chi connectivity index (χ0v) is 14.2. The third kappa shape index (κ3) is 4.95. The van der Waals surface area contributed by atoms with Crippen molar-refractivity contribution in [2.45, 2.75) is 13.3 Å². The molecule has 1 N–H and O–H groups in total. The van der Waals surface area contributed by atoms with Gasteiger partial charge in [-0.05, 0) is 55.3 Å². The minimum atomic E-state index is -0.343. The van der Waals surface area contributed by atoms with Gasteiger partial charge in [0.15, 0.2) is 0 Å². The van der Waals surface area contributed by atoms with Gasteiger partial charge in [0.05, 0.1) is 5.56 Å². The van der Waals surface area contributed by atoms with Crippen LogP contribution in [-0.2, 0) is 6.42 Å². The summed E-state index contributed by atoms with van der Waals surface area (Å²) in [5, 5.41) is 3.37. The lowest BCUT2D eigenvalue weighted by atomic mass is 10.1. The molecule has 3 heteroatoms. The van der Waals surface area contributed by atoms with Gasteiger partial charge in [-0.15, -0.1) is 0 Å². The lowest BCUT2D eigenvalue weighted by Crippen LogP contribution is -2.08. The maximum absolute atomic E-state index is 12.1. The van der Waals surface area contributed by atoms with E-state index in [-0.39, 0.29) is 5.97 Å². The van der Waals surface area contributed by atoms with Crippen molar-refractivity contribution in [2.75, 3.05) is 11.9 Å². The first kappa shape index (κ1) is 16.8. The average molecular weight is 331 g/mol. The van der Waals surface area contributed by atoms with Gasteiger partial charge in [0, 0.05) is 12.2 Å². The molecule has 0 saturated heterocycles.